The first-order chi connectivity index (χ1) is 19.5. The number of ether oxygens (including phenoxy) is 2. The zero-order valence-electron chi connectivity index (χ0n) is 25.5. The number of nitrogens with zero attached hydrogens (tertiary/aromatic N) is 2. The van der Waals surface area contributed by atoms with Crippen LogP contribution in [0.4, 0.5) is 11.4 Å². The van der Waals surface area contributed by atoms with E-state index in [2.05, 4.69) is 24.5 Å². The van der Waals surface area contributed by atoms with Crippen molar-refractivity contribution in [2.75, 3.05) is 43.2 Å². The van der Waals surface area contributed by atoms with Crippen LogP contribution in [0.1, 0.15) is 79.1 Å². The van der Waals surface area contributed by atoms with Crippen molar-refractivity contribution in [3.05, 3.63) is 18.2 Å². The number of anilines is 2. The molecule has 1 unspecified atom stereocenters. The second-order valence-corrected chi connectivity index (χ2v) is 13.6. The summed E-state index contributed by atoms with van der Waals surface area (Å²) in [7, 11) is 1.65. The summed E-state index contributed by atoms with van der Waals surface area (Å²) in [5.74, 6) is 0.126. The van der Waals surface area contributed by atoms with Gasteiger partial charge in [0.25, 0.3) is 5.91 Å². The van der Waals surface area contributed by atoms with Crippen molar-refractivity contribution in [3.8, 4) is 5.75 Å². The Morgan fingerprint density at radius 3 is 2.59 bits per heavy atom. The van der Waals surface area contributed by atoms with Crippen molar-refractivity contribution in [3.63, 3.8) is 0 Å². The third kappa shape index (κ3) is 6.41. The predicted octanol–water partition coefficient (Wildman–Crippen LogP) is 4.03. The minimum Gasteiger partial charge on any atom is -0.476 e. The van der Waals surface area contributed by atoms with Gasteiger partial charge in [-0.1, -0.05) is 26.7 Å². The van der Waals surface area contributed by atoms with Gasteiger partial charge in [0.05, 0.1) is 17.5 Å². The molecule has 9 nitrogen and oxygen atoms in total. The quantitative estimate of drug-likeness (QED) is 0.437. The largest absolute Gasteiger partial charge is 0.476 e. The van der Waals surface area contributed by atoms with Crippen LogP contribution in [0.3, 0.4) is 0 Å². The van der Waals surface area contributed by atoms with Crippen LogP contribution in [0.5, 0.6) is 5.75 Å². The molecule has 3 amide bonds. The van der Waals surface area contributed by atoms with E-state index >= 15 is 0 Å². The number of fused-ring (bicyclic) bond motifs is 1. The predicted molar refractivity (Wildman–Crippen MR) is 159 cm³/mol. The Labute approximate surface area is 244 Å². The average Bonchev–Trinajstić information content (AvgIpc) is 3.77. The van der Waals surface area contributed by atoms with Gasteiger partial charge in [0.15, 0.2) is 5.60 Å². The van der Waals surface area contributed by atoms with Crippen LogP contribution in [0.2, 0.25) is 0 Å². The van der Waals surface area contributed by atoms with Crippen LogP contribution in [-0.2, 0) is 19.1 Å². The molecule has 0 aromatic heterocycles. The van der Waals surface area contributed by atoms with E-state index in [-0.39, 0.29) is 47.1 Å². The maximum atomic E-state index is 14.1. The molecule has 0 spiro atoms. The number of hydrogen-bond acceptors (Lipinski definition) is 6. The lowest BCUT2D eigenvalue weighted by atomic mass is 9.73. The summed E-state index contributed by atoms with van der Waals surface area (Å²) < 4.78 is 11.3. The normalized spacial score (nSPS) is 27.0. The number of benzene rings is 1. The maximum absolute atomic E-state index is 14.1. The molecule has 3 atom stereocenters. The Hall–Kier alpha value is -2.65. The minimum absolute atomic E-state index is 0.0461. The van der Waals surface area contributed by atoms with E-state index < -0.39 is 5.60 Å². The van der Waals surface area contributed by atoms with E-state index in [0.29, 0.717) is 50.5 Å². The number of carbonyl (C=O) groups excluding carboxylic acids is 3. The van der Waals surface area contributed by atoms with Crippen molar-refractivity contribution in [2.45, 2.75) is 96.7 Å². The first kappa shape index (κ1) is 29.8. The van der Waals surface area contributed by atoms with E-state index in [1.165, 1.54) is 6.42 Å². The van der Waals surface area contributed by atoms with E-state index in [1.807, 2.05) is 23.1 Å². The summed E-state index contributed by atoms with van der Waals surface area (Å²) in [6.45, 7) is 10.3. The van der Waals surface area contributed by atoms with Gasteiger partial charge < -0.3 is 29.9 Å². The monoisotopic (exact) mass is 568 g/mol. The first-order valence-corrected chi connectivity index (χ1v) is 15.5. The number of methoxy groups -OCH3 is 1. The molecule has 4 aliphatic rings. The van der Waals surface area contributed by atoms with Gasteiger partial charge >= 0.3 is 0 Å². The van der Waals surface area contributed by atoms with Crippen LogP contribution in [-0.4, -0.2) is 68.8 Å². The average molecular weight is 569 g/mol. The van der Waals surface area contributed by atoms with Crippen LogP contribution in [0.15, 0.2) is 18.2 Å². The van der Waals surface area contributed by atoms with E-state index in [1.54, 1.807) is 25.9 Å². The summed E-state index contributed by atoms with van der Waals surface area (Å²) in [4.78, 5) is 44.5. The smallest absolute Gasteiger partial charge is 0.270 e. The lowest BCUT2D eigenvalue weighted by molar-refractivity contribution is -0.132. The summed E-state index contributed by atoms with van der Waals surface area (Å²) in [6, 6.07) is 6.06. The molecular weight excluding hydrogens is 520 g/mol. The number of nitrogens with one attached hydrogen (secondary N) is 2. The van der Waals surface area contributed by atoms with Crippen molar-refractivity contribution >= 4 is 29.1 Å². The lowest BCUT2D eigenvalue weighted by Gasteiger charge is -2.40. The highest BCUT2D eigenvalue weighted by molar-refractivity contribution is 6.04. The Morgan fingerprint density at radius 1 is 1.12 bits per heavy atom. The van der Waals surface area contributed by atoms with Crippen molar-refractivity contribution in [2.24, 2.45) is 17.3 Å². The van der Waals surface area contributed by atoms with Gasteiger partial charge in [-0.2, -0.15) is 0 Å². The number of hydrogen-bond donors (Lipinski definition) is 2. The van der Waals surface area contributed by atoms with Gasteiger partial charge in [0.2, 0.25) is 11.8 Å². The highest BCUT2D eigenvalue weighted by Gasteiger charge is 2.44. The van der Waals surface area contributed by atoms with Gasteiger partial charge in [-0.05, 0) is 76.0 Å². The fourth-order valence-electron chi connectivity index (χ4n) is 6.72. The van der Waals surface area contributed by atoms with Crippen LogP contribution >= 0.6 is 0 Å². The third-order valence-corrected chi connectivity index (χ3v) is 9.41. The first-order valence-electron chi connectivity index (χ1n) is 15.5. The number of carbonyl (C=O) groups is 3. The Morgan fingerprint density at radius 2 is 1.88 bits per heavy atom. The van der Waals surface area contributed by atoms with Crippen LogP contribution in [0.25, 0.3) is 0 Å². The minimum atomic E-state index is -0.968. The summed E-state index contributed by atoms with van der Waals surface area (Å²) in [6.07, 6.45) is 7.63. The lowest BCUT2D eigenvalue weighted by Crippen LogP contribution is -2.54. The van der Waals surface area contributed by atoms with Crippen LogP contribution < -0.4 is 25.2 Å². The van der Waals surface area contributed by atoms with E-state index in [0.717, 1.165) is 37.8 Å². The number of piperidine rings is 1. The van der Waals surface area contributed by atoms with Gasteiger partial charge in [-0.15, -0.1) is 0 Å². The Balaban J connectivity index is 1.33. The fraction of sp³-hybridized carbons (Fsp3) is 0.719. The molecular formula is C32H48N4O5. The summed E-state index contributed by atoms with van der Waals surface area (Å²) >= 11 is 0. The van der Waals surface area contributed by atoms with Crippen molar-refractivity contribution in [1.29, 1.82) is 0 Å². The maximum Gasteiger partial charge on any atom is 0.270 e. The zero-order valence-corrected chi connectivity index (χ0v) is 25.5. The zero-order chi connectivity index (χ0) is 29.4. The van der Waals surface area contributed by atoms with Gasteiger partial charge in [-0.3, -0.25) is 14.4 Å². The molecule has 41 heavy (non-hydrogen) atoms. The molecule has 1 aromatic rings. The molecule has 1 saturated heterocycles. The van der Waals surface area contributed by atoms with Crippen LogP contribution in [0, 0.1) is 17.3 Å². The van der Waals surface area contributed by atoms with Crippen molar-refractivity contribution < 1.29 is 23.9 Å². The molecule has 2 aliphatic heterocycles. The summed E-state index contributed by atoms with van der Waals surface area (Å²) in [5, 5.41) is 6.72. The highest BCUT2D eigenvalue weighted by Crippen LogP contribution is 2.43. The number of rotatable bonds is 9. The molecule has 2 N–H and O–H groups in total. The SMILES string of the molecule is COCCCN1C(=O)C(C)(C)Oc2ccc(N(C(=O)[C@H]3CNC[C@@H](C(=O)NC4CCCCC4(C)C)C3)C3CC3)cc21. The van der Waals surface area contributed by atoms with Gasteiger partial charge in [0, 0.05) is 51.1 Å². The number of amides is 3. The van der Waals surface area contributed by atoms with Crippen molar-refractivity contribution in [1.82, 2.24) is 10.6 Å². The molecule has 2 heterocycles. The fourth-order valence-corrected chi connectivity index (χ4v) is 6.72. The third-order valence-electron chi connectivity index (χ3n) is 9.41. The molecule has 0 bridgehead atoms. The van der Waals surface area contributed by atoms with E-state index in [9.17, 15) is 14.4 Å². The molecule has 5 rings (SSSR count). The molecule has 2 aliphatic carbocycles. The molecule has 0 radical (unpaired) electrons. The standard InChI is InChI=1S/C32H48N4O5/c1-31(2)14-7-6-9-27(31)34-28(37)21-17-22(20-33-19-21)29(38)36(23-10-11-23)24-12-13-26-25(18-24)35(15-8-16-40-5)30(39)32(3,4)41-26/h12-13,18,21-23,27,33H,6-11,14-17,19-20H2,1-5H3,(H,34,37)/t21-,22+,27?/m0/s1. The molecule has 2 saturated carbocycles. The molecule has 226 valence electrons. The highest BCUT2D eigenvalue weighted by atomic mass is 16.5. The molecule has 1 aromatic carbocycles. The Bertz CT molecular complexity index is 1150. The van der Waals surface area contributed by atoms with E-state index in [4.69, 9.17) is 9.47 Å². The van der Waals surface area contributed by atoms with Gasteiger partial charge in [0.1, 0.15) is 5.75 Å². The van der Waals surface area contributed by atoms with Gasteiger partial charge in [-0.25, -0.2) is 0 Å². The molecule has 9 heteroatoms. The summed E-state index contributed by atoms with van der Waals surface area (Å²) in [5.41, 5.74) is 0.595. The second-order valence-electron chi connectivity index (χ2n) is 13.6. The second kappa shape index (κ2) is 11.9. The Kier molecular flexibility index (Phi) is 8.67. The topological polar surface area (TPSA) is 100 Å². The molecule has 3 fully saturated rings.